The molecule has 1 N–H and O–H groups in total. The monoisotopic (exact) mass is 167 g/mol. The summed E-state index contributed by atoms with van der Waals surface area (Å²) in [5.74, 6) is 2.15. The van der Waals surface area contributed by atoms with E-state index in [1.54, 1.807) is 0 Å². The summed E-state index contributed by atoms with van der Waals surface area (Å²) in [6, 6.07) is 0.157. The zero-order chi connectivity index (χ0) is 8.55. The van der Waals surface area contributed by atoms with Gasteiger partial charge >= 0.3 is 0 Å². The van der Waals surface area contributed by atoms with Crippen LogP contribution < -0.4 is 5.32 Å². The van der Waals surface area contributed by atoms with Gasteiger partial charge in [0.1, 0.15) is 0 Å². The lowest BCUT2D eigenvalue weighted by Gasteiger charge is -2.01. The second-order valence-electron chi connectivity index (χ2n) is 3.28. The van der Waals surface area contributed by atoms with Gasteiger partial charge in [0, 0.05) is 5.92 Å². The quantitative estimate of drug-likeness (QED) is 0.735. The minimum atomic E-state index is 0.157. The van der Waals surface area contributed by atoms with Crippen molar-refractivity contribution in [1.29, 1.82) is 0 Å². The van der Waals surface area contributed by atoms with Crippen molar-refractivity contribution < 1.29 is 4.52 Å². The molecule has 0 radical (unpaired) electrons. The van der Waals surface area contributed by atoms with Gasteiger partial charge in [-0.1, -0.05) is 5.16 Å². The van der Waals surface area contributed by atoms with Gasteiger partial charge in [-0.2, -0.15) is 4.98 Å². The zero-order valence-corrected chi connectivity index (χ0v) is 7.37. The maximum atomic E-state index is 5.10. The molecule has 66 valence electrons. The van der Waals surface area contributed by atoms with Gasteiger partial charge in [-0.15, -0.1) is 0 Å². The van der Waals surface area contributed by atoms with Crippen LogP contribution in [0, 0.1) is 0 Å². The van der Waals surface area contributed by atoms with Crippen LogP contribution in [0.4, 0.5) is 0 Å². The van der Waals surface area contributed by atoms with Crippen molar-refractivity contribution in [2.75, 3.05) is 7.05 Å². The normalized spacial score (nSPS) is 19.5. The Kier molecular flexibility index (Phi) is 1.84. The van der Waals surface area contributed by atoms with Crippen molar-refractivity contribution in [3.63, 3.8) is 0 Å². The van der Waals surface area contributed by atoms with Crippen molar-refractivity contribution >= 4 is 0 Å². The fraction of sp³-hybridized carbons (Fsp3) is 0.750. The Labute approximate surface area is 71.4 Å². The molecule has 1 saturated carbocycles. The molecule has 4 nitrogen and oxygen atoms in total. The van der Waals surface area contributed by atoms with Crippen molar-refractivity contribution in [3.8, 4) is 0 Å². The number of aromatic nitrogens is 2. The van der Waals surface area contributed by atoms with Gasteiger partial charge in [-0.05, 0) is 26.8 Å². The third-order valence-electron chi connectivity index (χ3n) is 2.20. The highest BCUT2D eigenvalue weighted by Gasteiger charge is 2.29. The average Bonchev–Trinajstić information content (AvgIpc) is 2.83. The van der Waals surface area contributed by atoms with E-state index < -0.39 is 0 Å². The van der Waals surface area contributed by atoms with E-state index in [0.29, 0.717) is 11.8 Å². The van der Waals surface area contributed by atoms with E-state index in [0.717, 1.165) is 5.82 Å². The fourth-order valence-corrected chi connectivity index (χ4v) is 1.05. The number of hydrogen-bond donors (Lipinski definition) is 1. The predicted molar refractivity (Wildman–Crippen MR) is 43.7 cm³/mol. The summed E-state index contributed by atoms with van der Waals surface area (Å²) in [7, 11) is 1.88. The molecule has 1 aliphatic rings. The molecule has 0 aromatic carbocycles. The van der Waals surface area contributed by atoms with Crippen LogP contribution in [0.15, 0.2) is 4.52 Å². The molecule has 0 spiro atoms. The molecule has 0 saturated heterocycles. The van der Waals surface area contributed by atoms with E-state index >= 15 is 0 Å². The number of nitrogens with zero attached hydrogens (tertiary/aromatic N) is 2. The Bertz CT molecular complexity index is 267. The first-order chi connectivity index (χ1) is 5.81. The molecule has 12 heavy (non-hydrogen) atoms. The Balaban J connectivity index is 2.12. The minimum absolute atomic E-state index is 0.157. The smallest absolute Gasteiger partial charge is 0.243 e. The van der Waals surface area contributed by atoms with E-state index in [1.807, 2.05) is 14.0 Å². The molecule has 0 amide bonds. The van der Waals surface area contributed by atoms with Gasteiger partial charge in [0.2, 0.25) is 5.89 Å². The Hall–Kier alpha value is -0.900. The molecule has 0 aliphatic heterocycles. The van der Waals surface area contributed by atoms with E-state index in [9.17, 15) is 0 Å². The minimum Gasteiger partial charge on any atom is -0.338 e. The summed E-state index contributed by atoms with van der Waals surface area (Å²) in [5.41, 5.74) is 0. The van der Waals surface area contributed by atoms with Gasteiger partial charge in [-0.25, -0.2) is 0 Å². The first kappa shape index (κ1) is 7.73. The average molecular weight is 167 g/mol. The van der Waals surface area contributed by atoms with Crippen LogP contribution in [0.3, 0.4) is 0 Å². The van der Waals surface area contributed by atoms with Crippen LogP contribution in [0.2, 0.25) is 0 Å². The third-order valence-corrected chi connectivity index (χ3v) is 2.20. The van der Waals surface area contributed by atoms with Crippen molar-refractivity contribution in [1.82, 2.24) is 15.5 Å². The third kappa shape index (κ3) is 1.34. The number of nitrogens with one attached hydrogen (secondary N) is 1. The van der Waals surface area contributed by atoms with Gasteiger partial charge in [0.05, 0.1) is 6.04 Å². The molecule has 2 rings (SSSR count). The molecule has 1 aliphatic carbocycles. The van der Waals surface area contributed by atoms with Gasteiger partial charge in [0.25, 0.3) is 0 Å². The Morgan fingerprint density at radius 2 is 2.33 bits per heavy atom. The standard InChI is InChI=1S/C8H13N3O/c1-5(9-2)8-10-7(11-12-8)6-3-4-6/h5-6,9H,3-4H2,1-2H3/t5-/m0/s1. The van der Waals surface area contributed by atoms with Crippen LogP contribution in [-0.4, -0.2) is 17.2 Å². The van der Waals surface area contributed by atoms with Gasteiger partial charge in [-0.3, -0.25) is 0 Å². The van der Waals surface area contributed by atoms with Crippen molar-refractivity contribution in [2.24, 2.45) is 0 Å². The van der Waals surface area contributed by atoms with Crippen LogP contribution >= 0.6 is 0 Å². The first-order valence-electron chi connectivity index (χ1n) is 4.32. The van der Waals surface area contributed by atoms with E-state index in [-0.39, 0.29) is 6.04 Å². The summed E-state index contributed by atoms with van der Waals surface area (Å²) < 4.78 is 5.10. The molecule has 1 heterocycles. The summed E-state index contributed by atoms with van der Waals surface area (Å²) >= 11 is 0. The molecule has 1 aromatic rings. The summed E-state index contributed by atoms with van der Waals surface area (Å²) in [6.45, 7) is 2.00. The van der Waals surface area contributed by atoms with Crippen LogP contribution in [0.25, 0.3) is 0 Å². The van der Waals surface area contributed by atoms with Crippen molar-refractivity contribution in [2.45, 2.75) is 31.7 Å². The van der Waals surface area contributed by atoms with Crippen LogP contribution in [-0.2, 0) is 0 Å². The molecule has 0 bridgehead atoms. The van der Waals surface area contributed by atoms with Crippen LogP contribution in [0.1, 0.15) is 43.4 Å². The second kappa shape index (κ2) is 2.86. The highest BCUT2D eigenvalue weighted by atomic mass is 16.5. The molecular weight excluding hydrogens is 154 g/mol. The maximum Gasteiger partial charge on any atom is 0.243 e. The molecule has 0 unspecified atom stereocenters. The van der Waals surface area contributed by atoms with E-state index in [1.165, 1.54) is 12.8 Å². The molecule has 4 heteroatoms. The van der Waals surface area contributed by atoms with E-state index in [2.05, 4.69) is 15.5 Å². The lowest BCUT2D eigenvalue weighted by atomic mass is 10.3. The molecule has 1 atom stereocenters. The summed E-state index contributed by atoms with van der Waals surface area (Å²) in [5, 5.41) is 6.98. The first-order valence-corrected chi connectivity index (χ1v) is 4.32. The maximum absolute atomic E-state index is 5.10. The highest BCUT2D eigenvalue weighted by Crippen LogP contribution is 2.38. The summed E-state index contributed by atoms with van der Waals surface area (Å²) in [4.78, 5) is 4.30. The molecule has 1 fully saturated rings. The lowest BCUT2D eigenvalue weighted by molar-refractivity contribution is 0.343. The van der Waals surface area contributed by atoms with E-state index in [4.69, 9.17) is 4.52 Å². The zero-order valence-electron chi connectivity index (χ0n) is 7.37. The molecule has 1 aromatic heterocycles. The largest absolute Gasteiger partial charge is 0.338 e. The Morgan fingerprint density at radius 3 is 2.92 bits per heavy atom. The fourth-order valence-electron chi connectivity index (χ4n) is 1.05. The van der Waals surface area contributed by atoms with Gasteiger partial charge in [0.15, 0.2) is 5.82 Å². The predicted octanol–water partition coefficient (Wildman–Crippen LogP) is 1.23. The topological polar surface area (TPSA) is 51.0 Å². The number of hydrogen-bond acceptors (Lipinski definition) is 4. The highest BCUT2D eigenvalue weighted by molar-refractivity contribution is 5.04. The number of rotatable bonds is 3. The van der Waals surface area contributed by atoms with Crippen molar-refractivity contribution in [3.05, 3.63) is 11.7 Å². The lowest BCUT2D eigenvalue weighted by Crippen LogP contribution is -2.12. The van der Waals surface area contributed by atoms with Crippen LogP contribution in [0.5, 0.6) is 0 Å². The molecular formula is C8H13N3O. The van der Waals surface area contributed by atoms with Gasteiger partial charge < -0.3 is 9.84 Å². The summed E-state index contributed by atoms with van der Waals surface area (Å²) in [6.07, 6.45) is 2.43. The SMILES string of the molecule is CN[C@@H](C)c1nc(C2CC2)no1. The Morgan fingerprint density at radius 1 is 1.58 bits per heavy atom. The second-order valence-corrected chi connectivity index (χ2v) is 3.28.